The van der Waals surface area contributed by atoms with Crippen molar-refractivity contribution in [3.8, 4) is 17.2 Å². The Bertz CT molecular complexity index is 1110. The summed E-state index contributed by atoms with van der Waals surface area (Å²) in [6.45, 7) is 1.73. The molecule has 0 atom stereocenters. The predicted octanol–water partition coefficient (Wildman–Crippen LogP) is 3.94. The van der Waals surface area contributed by atoms with Crippen molar-refractivity contribution in [1.29, 1.82) is 0 Å². The summed E-state index contributed by atoms with van der Waals surface area (Å²) < 4.78 is 44.5. The van der Waals surface area contributed by atoms with Gasteiger partial charge in [0.15, 0.2) is 11.5 Å². The molecule has 2 aromatic rings. The molecule has 0 bridgehead atoms. The summed E-state index contributed by atoms with van der Waals surface area (Å²) in [6, 6.07) is 7.52. The van der Waals surface area contributed by atoms with Crippen LogP contribution in [0.4, 0.5) is 5.69 Å². The molecule has 2 aliphatic rings. The van der Waals surface area contributed by atoms with Crippen molar-refractivity contribution in [3.63, 3.8) is 0 Å². The van der Waals surface area contributed by atoms with Gasteiger partial charge in [-0.3, -0.25) is 4.79 Å². The highest BCUT2D eigenvalue weighted by atomic mass is 35.5. The van der Waals surface area contributed by atoms with Crippen LogP contribution in [0.5, 0.6) is 17.2 Å². The fourth-order valence-corrected chi connectivity index (χ4v) is 5.69. The fraction of sp³-hybridized carbons (Fsp3) is 0.409. The van der Waals surface area contributed by atoms with Crippen LogP contribution in [-0.4, -0.2) is 52.0 Å². The van der Waals surface area contributed by atoms with Crippen molar-refractivity contribution in [2.75, 3.05) is 38.7 Å². The lowest BCUT2D eigenvalue weighted by atomic mass is 10.2. The molecule has 0 radical (unpaired) electrons. The van der Waals surface area contributed by atoms with E-state index in [-0.39, 0.29) is 21.2 Å². The van der Waals surface area contributed by atoms with E-state index in [0.29, 0.717) is 43.5 Å². The lowest BCUT2D eigenvalue weighted by molar-refractivity contribution is 0.102. The molecule has 2 aliphatic heterocycles. The molecule has 0 saturated carbocycles. The lowest BCUT2D eigenvalue weighted by Crippen LogP contribution is -2.32. The van der Waals surface area contributed by atoms with Crippen molar-refractivity contribution in [1.82, 2.24) is 4.31 Å². The number of halogens is 1. The number of nitrogens with zero attached hydrogens (tertiary/aromatic N) is 1. The second-order valence-electron chi connectivity index (χ2n) is 7.61. The van der Waals surface area contributed by atoms with Crippen molar-refractivity contribution in [2.24, 2.45) is 0 Å². The number of hydrogen-bond donors (Lipinski definition) is 1. The average molecular weight is 481 g/mol. The van der Waals surface area contributed by atoms with E-state index in [1.54, 1.807) is 12.1 Å². The van der Waals surface area contributed by atoms with Gasteiger partial charge in [-0.1, -0.05) is 24.4 Å². The number of nitrogens with one attached hydrogen (secondary N) is 1. The summed E-state index contributed by atoms with van der Waals surface area (Å²) in [7, 11) is -2.40. The summed E-state index contributed by atoms with van der Waals surface area (Å²) in [5.41, 5.74) is 0.513. The van der Waals surface area contributed by atoms with E-state index >= 15 is 0 Å². The van der Waals surface area contributed by atoms with Gasteiger partial charge in [-0.2, -0.15) is 4.31 Å². The number of carbonyl (C=O) groups is 1. The number of amides is 1. The molecular weight excluding hydrogens is 456 g/mol. The highest BCUT2D eigenvalue weighted by molar-refractivity contribution is 7.89. The molecule has 0 aromatic heterocycles. The lowest BCUT2D eigenvalue weighted by Gasteiger charge is -2.22. The van der Waals surface area contributed by atoms with E-state index in [0.717, 1.165) is 25.7 Å². The molecule has 1 fully saturated rings. The van der Waals surface area contributed by atoms with Crippen molar-refractivity contribution < 1.29 is 27.4 Å². The summed E-state index contributed by atoms with van der Waals surface area (Å²) in [5, 5.41) is 3.01. The standard InChI is InChI=1S/C22H25ClN2O6S/c1-29-18-7-6-15(12-21(18)32(27,28)25-8-4-2-3-5-9-25)22(26)24-17-14-20-19(13-16(17)23)30-10-11-31-20/h6-7,12-14H,2-5,8-11H2,1H3,(H,24,26). The van der Waals surface area contributed by atoms with Crippen LogP contribution >= 0.6 is 11.6 Å². The maximum atomic E-state index is 13.3. The third kappa shape index (κ3) is 4.65. The van der Waals surface area contributed by atoms with Gasteiger partial charge in [0, 0.05) is 30.8 Å². The van der Waals surface area contributed by atoms with Gasteiger partial charge in [0.05, 0.1) is 17.8 Å². The Morgan fingerprint density at radius 3 is 2.34 bits per heavy atom. The Hall–Kier alpha value is -2.49. The largest absolute Gasteiger partial charge is 0.495 e. The molecule has 0 spiro atoms. The highest BCUT2D eigenvalue weighted by Gasteiger charge is 2.29. The predicted molar refractivity (Wildman–Crippen MR) is 121 cm³/mol. The number of ether oxygens (including phenoxy) is 3. The normalized spacial score (nSPS) is 16.8. The number of fused-ring (bicyclic) bond motifs is 1. The minimum Gasteiger partial charge on any atom is -0.495 e. The first-order valence-corrected chi connectivity index (χ1v) is 12.3. The maximum Gasteiger partial charge on any atom is 0.255 e. The van der Waals surface area contributed by atoms with Gasteiger partial charge < -0.3 is 19.5 Å². The molecule has 8 nitrogen and oxygen atoms in total. The molecule has 32 heavy (non-hydrogen) atoms. The Kier molecular flexibility index (Phi) is 6.78. The van der Waals surface area contributed by atoms with Crippen molar-refractivity contribution >= 4 is 33.2 Å². The quantitative estimate of drug-likeness (QED) is 0.696. The van der Waals surface area contributed by atoms with Crippen LogP contribution in [0.3, 0.4) is 0 Å². The van der Waals surface area contributed by atoms with Crippen molar-refractivity contribution in [3.05, 3.63) is 40.9 Å². The van der Waals surface area contributed by atoms with Crippen LogP contribution in [0, 0.1) is 0 Å². The number of rotatable bonds is 5. The summed E-state index contributed by atoms with van der Waals surface area (Å²) in [5.74, 6) is 0.686. The third-order valence-electron chi connectivity index (χ3n) is 5.49. The van der Waals surface area contributed by atoms with E-state index in [1.165, 1.54) is 29.6 Å². The third-order valence-corrected chi connectivity index (χ3v) is 7.72. The minimum absolute atomic E-state index is 0.0252. The van der Waals surface area contributed by atoms with Crippen molar-refractivity contribution in [2.45, 2.75) is 30.6 Å². The molecular formula is C22H25ClN2O6S. The SMILES string of the molecule is COc1ccc(C(=O)Nc2cc3c(cc2Cl)OCCO3)cc1S(=O)(=O)N1CCCCCC1. The molecule has 0 aliphatic carbocycles. The van der Waals surface area contributed by atoms with Gasteiger partial charge in [-0.25, -0.2) is 8.42 Å². The summed E-state index contributed by atoms with van der Waals surface area (Å²) >= 11 is 6.29. The molecule has 4 rings (SSSR count). The van der Waals surface area contributed by atoms with Gasteiger partial charge in [0.2, 0.25) is 10.0 Å². The van der Waals surface area contributed by atoms with Gasteiger partial charge >= 0.3 is 0 Å². The van der Waals surface area contributed by atoms with Crippen LogP contribution in [0.1, 0.15) is 36.0 Å². The van der Waals surface area contributed by atoms with E-state index < -0.39 is 15.9 Å². The molecule has 1 amide bonds. The fourth-order valence-electron chi connectivity index (χ4n) is 3.79. The Morgan fingerprint density at radius 2 is 1.69 bits per heavy atom. The number of carbonyl (C=O) groups excluding carboxylic acids is 1. The Labute approximate surface area is 192 Å². The number of sulfonamides is 1. The molecule has 2 heterocycles. The zero-order valence-corrected chi connectivity index (χ0v) is 19.3. The second-order valence-corrected chi connectivity index (χ2v) is 9.93. The summed E-state index contributed by atoms with van der Waals surface area (Å²) in [4.78, 5) is 12.9. The second kappa shape index (κ2) is 9.56. The van der Waals surface area contributed by atoms with E-state index in [9.17, 15) is 13.2 Å². The molecule has 10 heteroatoms. The number of hydrogen-bond acceptors (Lipinski definition) is 6. The van der Waals surface area contributed by atoms with E-state index in [4.69, 9.17) is 25.8 Å². The average Bonchev–Trinajstić information content (AvgIpc) is 3.09. The zero-order chi connectivity index (χ0) is 22.7. The number of methoxy groups -OCH3 is 1. The highest BCUT2D eigenvalue weighted by Crippen LogP contribution is 2.38. The molecule has 1 N–H and O–H groups in total. The van der Waals surface area contributed by atoms with Crippen LogP contribution in [0.25, 0.3) is 0 Å². The van der Waals surface area contributed by atoms with E-state index in [2.05, 4.69) is 5.32 Å². The molecule has 2 aromatic carbocycles. The van der Waals surface area contributed by atoms with Gasteiger partial charge in [0.1, 0.15) is 23.9 Å². The maximum absolute atomic E-state index is 13.3. The molecule has 1 saturated heterocycles. The van der Waals surface area contributed by atoms with Gasteiger partial charge in [0.25, 0.3) is 5.91 Å². The topological polar surface area (TPSA) is 94.2 Å². The van der Waals surface area contributed by atoms with Gasteiger partial charge in [-0.15, -0.1) is 0 Å². The van der Waals surface area contributed by atoms with Crippen LogP contribution in [-0.2, 0) is 10.0 Å². The number of anilines is 1. The van der Waals surface area contributed by atoms with Crippen LogP contribution in [0.15, 0.2) is 35.2 Å². The minimum atomic E-state index is -3.81. The zero-order valence-electron chi connectivity index (χ0n) is 17.7. The van der Waals surface area contributed by atoms with Crippen LogP contribution < -0.4 is 19.5 Å². The molecule has 0 unspecified atom stereocenters. The van der Waals surface area contributed by atoms with E-state index in [1.807, 2.05) is 0 Å². The monoisotopic (exact) mass is 480 g/mol. The van der Waals surface area contributed by atoms with Crippen LogP contribution in [0.2, 0.25) is 5.02 Å². The Balaban J connectivity index is 1.63. The number of benzene rings is 2. The first kappa shape index (κ1) is 22.7. The smallest absolute Gasteiger partial charge is 0.255 e. The Morgan fingerprint density at radius 1 is 1.03 bits per heavy atom. The molecule has 172 valence electrons. The van der Waals surface area contributed by atoms with Gasteiger partial charge in [-0.05, 0) is 31.0 Å². The first-order chi connectivity index (χ1) is 15.4. The summed E-state index contributed by atoms with van der Waals surface area (Å²) in [6.07, 6.45) is 3.62. The first-order valence-electron chi connectivity index (χ1n) is 10.5.